The third kappa shape index (κ3) is 3.44. The minimum Gasteiger partial charge on any atom is -0.388 e. The number of aromatic nitrogens is 2. The summed E-state index contributed by atoms with van der Waals surface area (Å²) in [5.74, 6) is -0.177. The van der Waals surface area contributed by atoms with Crippen molar-refractivity contribution in [3.63, 3.8) is 0 Å². The van der Waals surface area contributed by atoms with E-state index in [1.807, 2.05) is 14.0 Å². The van der Waals surface area contributed by atoms with Crippen LogP contribution in [0.15, 0.2) is 12.3 Å². The molecule has 1 aliphatic rings. The smallest absolute Gasteiger partial charge is 0.244 e. The van der Waals surface area contributed by atoms with Crippen molar-refractivity contribution in [3.05, 3.63) is 23.5 Å². The quantitative estimate of drug-likeness (QED) is 0.801. The predicted molar refractivity (Wildman–Crippen MR) is 73.4 cm³/mol. The van der Waals surface area contributed by atoms with Gasteiger partial charge >= 0.3 is 0 Å². The number of aliphatic hydroxyl groups is 1. The summed E-state index contributed by atoms with van der Waals surface area (Å²) in [6, 6.07) is 0. The first-order valence-corrected chi connectivity index (χ1v) is 6.67. The van der Waals surface area contributed by atoms with Gasteiger partial charge in [0.1, 0.15) is 0 Å². The van der Waals surface area contributed by atoms with E-state index in [0.717, 1.165) is 36.9 Å². The Hall–Kier alpha value is -1.62. The van der Waals surface area contributed by atoms with E-state index in [9.17, 15) is 9.90 Å². The van der Waals surface area contributed by atoms with E-state index >= 15 is 0 Å². The maximum absolute atomic E-state index is 11.7. The summed E-state index contributed by atoms with van der Waals surface area (Å²) >= 11 is 0. The zero-order chi connectivity index (χ0) is 13.9. The topological polar surface area (TPSA) is 67.2 Å². The number of hydrogen-bond acceptors (Lipinski definition) is 3. The van der Waals surface area contributed by atoms with Crippen LogP contribution in [0, 0.1) is 6.92 Å². The highest BCUT2D eigenvalue weighted by atomic mass is 16.3. The summed E-state index contributed by atoms with van der Waals surface area (Å²) in [5, 5.41) is 17.0. The van der Waals surface area contributed by atoms with Crippen molar-refractivity contribution in [2.45, 2.75) is 38.2 Å². The van der Waals surface area contributed by atoms with E-state index in [-0.39, 0.29) is 5.91 Å². The van der Waals surface area contributed by atoms with Crippen LogP contribution in [0.25, 0.3) is 6.08 Å². The first-order valence-electron chi connectivity index (χ1n) is 6.67. The standard InChI is InChI=1S/C14H21N3O2/c1-11-12(9-16-17(11)2)5-6-13(18)15-10-14(19)7-3-4-8-14/h5-6,9,19H,3-4,7-8,10H2,1-2H3,(H,15,18)/b6-5+. The number of rotatable bonds is 4. The molecule has 5 heteroatoms. The molecule has 1 fully saturated rings. The van der Waals surface area contributed by atoms with Gasteiger partial charge in [-0.25, -0.2) is 0 Å². The first kappa shape index (κ1) is 13.8. The Morgan fingerprint density at radius 1 is 1.58 bits per heavy atom. The van der Waals surface area contributed by atoms with Gasteiger partial charge in [-0.15, -0.1) is 0 Å². The molecule has 1 heterocycles. The number of hydrogen-bond donors (Lipinski definition) is 2. The molecular formula is C14H21N3O2. The van der Waals surface area contributed by atoms with E-state index < -0.39 is 5.60 Å². The average molecular weight is 263 g/mol. The van der Waals surface area contributed by atoms with Crippen LogP contribution in [0.4, 0.5) is 0 Å². The highest BCUT2D eigenvalue weighted by molar-refractivity contribution is 5.91. The molecule has 0 spiro atoms. The number of nitrogens with one attached hydrogen (secondary N) is 1. The Labute approximate surface area is 113 Å². The summed E-state index contributed by atoms with van der Waals surface area (Å²) in [7, 11) is 1.86. The minimum atomic E-state index is -0.701. The van der Waals surface area contributed by atoms with Gasteiger partial charge in [0.15, 0.2) is 0 Å². The van der Waals surface area contributed by atoms with Gasteiger partial charge in [0.05, 0.1) is 11.8 Å². The van der Waals surface area contributed by atoms with Gasteiger partial charge in [-0.2, -0.15) is 5.10 Å². The van der Waals surface area contributed by atoms with Crippen molar-refractivity contribution in [3.8, 4) is 0 Å². The van der Waals surface area contributed by atoms with E-state index in [1.165, 1.54) is 6.08 Å². The summed E-state index contributed by atoms with van der Waals surface area (Å²) in [6.45, 7) is 2.29. The molecule has 0 atom stereocenters. The largest absolute Gasteiger partial charge is 0.388 e. The molecule has 2 N–H and O–H groups in total. The Bertz CT molecular complexity index is 485. The molecule has 5 nitrogen and oxygen atoms in total. The Morgan fingerprint density at radius 2 is 2.26 bits per heavy atom. The number of carbonyl (C=O) groups is 1. The first-order chi connectivity index (χ1) is 9.00. The summed E-state index contributed by atoms with van der Waals surface area (Å²) in [6.07, 6.45) is 8.59. The monoisotopic (exact) mass is 263 g/mol. The predicted octanol–water partition coefficient (Wildman–Crippen LogP) is 1.16. The molecule has 1 amide bonds. The fraction of sp³-hybridized carbons (Fsp3) is 0.571. The van der Waals surface area contributed by atoms with Gasteiger partial charge in [0, 0.05) is 30.9 Å². The lowest BCUT2D eigenvalue weighted by Crippen LogP contribution is -2.40. The molecule has 1 aliphatic carbocycles. The van der Waals surface area contributed by atoms with Crippen LogP contribution in [0.1, 0.15) is 36.9 Å². The highest BCUT2D eigenvalue weighted by Crippen LogP contribution is 2.28. The zero-order valence-corrected chi connectivity index (χ0v) is 11.5. The average Bonchev–Trinajstić information content (AvgIpc) is 2.94. The van der Waals surface area contributed by atoms with Crippen LogP contribution in [0.3, 0.4) is 0 Å². The SMILES string of the molecule is Cc1c(/C=C/C(=O)NCC2(O)CCCC2)cnn1C. The van der Waals surface area contributed by atoms with E-state index in [4.69, 9.17) is 0 Å². The number of nitrogens with zero attached hydrogens (tertiary/aromatic N) is 2. The Balaban J connectivity index is 1.86. The van der Waals surface area contributed by atoms with E-state index in [0.29, 0.717) is 6.54 Å². The van der Waals surface area contributed by atoms with Crippen LogP contribution in [0.5, 0.6) is 0 Å². The summed E-state index contributed by atoms with van der Waals surface area (Å²) in [4.78, 5) is 11.7. The second-order valence-corrected chi connectivity index (χ2v) is 5.29. The lowest BCUT2D eigenvalue weighted by atomic mass is 10.0. The lowest BCUT2D eigenvalue weighted by Gasteiger charge is -2.21. The molecule has 104 valence electrons. The van der Waals surface area contributed by atoms with Crippen molar-refractivity contribution < 1.29 is 9.90 Å². The molecule has 0 saturated heterocycles. The molecule has 0 unspecified atom stereocenters. The minimum absolute atomic E-state index is 0.177. The molecule has 0 radical (unpaired) electrons. The van der Waals surface area contributed by atoms with Gasteiger partial charge in [0.2, 0.25) is 5.91 Å². The molecule has 0 bridgehead atoms. The van der Waals surface area contributed by atoms with Crippen molar-refractivity contribution in [1.29, 1.82) is 0 Å². The maximum atomic E-state index is 11.7. The van der Waals surface area contributed by atoms with Crippen molar-refractivity contribution in [2.75, 3.05) is 6.54 Å². The van der Waals surface area contributed by atoms with Crippen molar-refractivity contribution >= 4 is 12.0 Å². The molecule has 1 aromatic heterocycles. The third-order valence-corrected chi connectivity index (χ3v) is 3.81. The lowest BCUT2D eigenvalue weighted by molar-refractivity contribution is -0.117. The number of carbonyl (C=O) groups excluding carboxylic acids is 1. The second kappa shape index (κ2) is 5.57. The molecular weight excluding hydrogens is 242 g/mol. The molecule has 19 heavy (non-hydrogen) atoms. The molecule has 1 aromatic rings. The van der Waals surface area contributed by atoms with Gasteiger partial charge in [-0.3, -0.25) is 9.48 Å². The van der Waals surface area contributed by atoms with E-state index in [1.54, 1.807) is 17.0 Å². The van der Waals surface area contributed by atoms with Crippen molar-refractivity contribution in [1.82, 2.24) is 15.1 Å². The maximum Gasteiger partial charge on any atom is 0.244 e. The number of amides is 1. The van der Waals surface area contributed by atoms with Crippen LogP contribution in [-0.4, -0.2) is 32.9 Å². The summed E-state index contributed by atoms with van der Waals surface area (Å²) < 4.78 is 1.76. The fourth-order valence-electron chi connectivity index (χ4n) is 2.37. The Morgan fingerprint density at radius 3 is 2.84 bits per heavy atom. The van der Waals surface area contributed by atoms with Crippen LogP contribution < -0.4 is 5.32 Å². The number of aryl methyl sites for hydroxylation is 1. The highest BCUT2D eigenvalue weighted by Gasteiger charge is 2.30. The normalized spacial score (nSPS) is 18.1. The molecule has 2 rings (SSSR count). The Kier molecular flexibility index (Phi) is 4.04. The van der Waals surface area contributed by atoms with Gasteiger partial charge in [-0.1, -0.05) is 12.8 Å². The van der Waals surface area contributed by atoms with Crippen LogP contribution >= 0.6 is 0 Å². The van der Waals surface area contributed by atoms with Gasteiger partial charge < -0.3 is 10.4 Å². The molecule has 0 aliphatic heterocycles. The fourth-order valence-corrected chi connectivity index (χ4v) is 2.37. The van der Waals surface area contributed by atoms with Gasteiger partial charge in [0.25, 0.3) is 0 Å². The van der Waals surface area contributed by atoms with Crippen LogP contribution in [-0.2, 0) is 11.8 Å². The molecule has 1 saturated carbocycles. The molecule has 0 aromatic carbocycles. The second-order valence-electron chi connectivity index (χ2n) is 5.29. The van der Waals surface area contributed by atoms with Crippen molar-refractivity contribution in [2.24, 2.45) is 7.05 Å². The third-order valence-electron chi connectivity index (χ3n) is 3.81. The van der Waals surface area contributed by atoms with Gasteiger partial charge in [-0.05, 0) is 25.8 Å². The van der Waals surface area contributed by atoms with E-state index in [2.05, 4.69) is 10.4 Å². The zero-order valence-electron chi connectivity index (χ0n) is 11.5. The van der Waals surface area contributed by atoms with Crippen LogP contribution in [0.2, 0.25) is 0 Å². The summed E-state index contributed by atoms with van der Waals surface area (Å²) in [5.41, 5.74) is 1.24.